The van der Waals surface area contributed by atoms with Crippen molar-refractivity contribution in [2.75, 3.05) is 13.7 Å². The predicted molar refractivity (Wildman–Crippen MR) is 73.9 cm³/mol. The van der Waals surface area contributed by atoms with Crippen molar-refractivity contribution in [1.29, 1.82) is 10.8 Å². The fourth-order valence-corrected chi connectivity index (χ4v) is 1.36. The summed E-state index contributed by atoms with van der Waals surface area (Å²) in [4.78, 5) is 5.03. The molecule has 1 aromatic carbocycles. The van der Waals surface area contributed by atoms with Gasteiger partial charge in [0.2, 0.25) is 5.96 Å². The fourth-order valence-electron chi connectivity index (χ4n) is 1.36. The molecule has 0 aromatic heterocycles. The first kappa shape index (κ1) is 16.2. The van der Waals surface area contributed by atoms with Gasteiger partial charge in [-0.3, -0.25) is 21.0 Å². The van der Waals surface area contributed by atoms with Crippen LogP contribution >= 0.6 is 12.4 Å². The Balaban J connectivity index is 0.00000289. The number of hydrogen-bond acceptors (Lipinski definition) is 3. The van der Waals surface area contributed by atoms with Gasteiger partial charge in [-0.2, -0.15) is 0 Å². The minimum absolute atomic E-state index is 0. The van der Waals surface area contributed by atoms with Gasteiger partial charge in [-0.25, -0.2) is 5.06 Å². The summed E-state index contributed by atoms with van der Waals surface area (Å²) in [6.07, 6.45) is 0.747. The lowest BCUT2D eigenvalue weighted by Gasteiger charge is -2.22. The molecule has 0 aliphatic carbocycles. The van der Waals surface area contributed by atoms with Gasteiger partial charge in [0.15, 0.2) is 5.96 Å². The van der Waals surface area contributed by atoms with Gasteiger partial charge in [-0.15, -0.1) is 12.4 Å². The van der Waals surface area contributed by atoms with Crippen molar-refractivity contribution < 1.29 is 4.84 Å². The summed E-state index contributed by atoms with van der Waals surface area (Å²) in [5.41, 5.74) is 6.30. The van der Waals surface area contributed by atoms with E-state index in [1.807, 2.05) is 30.3 Å². The summed E-state index contributed by atoms with van der Waals surface area (Å²) >= 11 is 0. The molecule has 0 spiro atoms. The predicted octanol–water partition coefficient (Wildman–Crippen LogP) is 0.932. The van der Waals surface area contributed by atoms with Gasteiger partial charge in [0.1, 0.15) is 0 Å². The fraction of sp³-hybridized carbons (Fsp3) is 0.273. The summed E-state index contributed by atoms with van der Waals surface area (Å²) in [7, 11) is 1.47. The van der Waals surface area contributed by atoms with Gasteiger partial charge in [0.25, 0.3) is 0 Å². The highest BCUT2D eigenvalue weighted by atomic mass is 35.5. The summed E-state index contributed by atoms with van der Waals surface area (Å²) in [5.74, 6) is -0.326. The summed E-state index contributed by atoms with van der Waals surface area (Å²) in [5, 5.41) is 18.4. The Kier molecular flexibility index (Phi) is 7.50. The maximum Gasteiger partial charge on any atom is 0.222 e. The van der Waals surface area contributed by atoms with E-state index in [4.69, 9.17) is 21.4 Å². The molecule has 0 bridgehead atoms. The van der Waals surface area contributed by atoms with E-state index < -0.39 is 0 Å². The Morgan fingerprint density at radius 1 is 1.33 bits per heavy atom. The third-order valence-corrected chi connectivity index (χ3v) is 2.17. The molecule has 5 N–H and O–H groups in total. The molecule has 18 heavy (non-hydrogen) atoms. The monoisotopic (exact) mass is 271 g/mol. The molecule has 0 radical (unpaired) electrons. The van der Waals surface area contributed by atoms with Crippen molar-refractivity contribution in [2.45, 2.75) is 6.42 Å². The Morgan fingerprint density at radius 2 is 1.94 bits per heavy atom. The Bertz CT molecular complexity index is 384. The largest absolute Gasteiger partial charge is 0.370 e. The molecule has 0 unspecified atom stereocenters. The summed E-state index contributed by atoms with van der Waals surface area (Å²) < 4.78 is 0. The lowest BCUT2D eigenvalue weighted by molar-refractivity contribution is -0.0669. The van der Waals surface area contributed by atoms with E-state index in [0.29, 0.717) is 6.54 Å². The van der Waals surface area contributed by atoms with Crippen molar-refractivity contribution >= 4 is 24.3 Å². The van der Waals surface area contributed by atoms with Crippen LogP contribution in [0.4, 0.5) is 0 Å². The smallest absolute Gasteiger partial charge is 0.222 e. The van der Waals surface area contributed by atoms with Crippen molar-refractivity contribution in [1.82, 2.24) is 10.4 Å². The van der Waals surface area contributed by atoms with Crippen LogP contribution in [0.1, 0.15) is 5.56 Å². The zero-order valence-corrected chi connectivity index (χ0v) is 11.0. The third-order valence-electron chi connectivity index (χ3n) is 2.17. The molecule has 1 aromatic rings. The maximum atomic E-state index is 7.61. The number of nitrogens with zero attached hydrogens (tertiary/aromatic N) is 1. The molecule has 0 heterocycles. The second kappa shape index (κ2) is 8.32. The van der Waals surface area contributed by atoms with E-state index >= 15 is 0 Å². The highest BCUT2D eigenvalue weighted by Crippen LogP contribution is 2.01. The normalized spacial score (nSPS) is 9.17. The van der Waals surface area contributed by atoms with Gasteiger partial charge in [-0.1, -0.05) is 30.3 Å². The first-order valence-electron chi connectivity index (χ1n) is 5.18. The van der Waals surface area contributed by atoms with Gasteiger partial charge >= 0.3 is 0 Å². The molecule has 0 saturated heterocycles. The van der Waals surface area contributed by atoms with Gasteiger partial charge < -0.3 is 5.73 Å². The number of hydrogen-bond donors (Lipinski definition) is 4. The number of halogens is 1. The number of rotatable bonds is 4. The van der Waals surface area contributed by atoms with Crippen LogP contribution in [-0.2, 0) is 11.3 Å². The van der Waals surface area contributed by atoms with Crippen LogP contribution in [-0.4, -0.2) is 30.6 Å². The Labute approximate surface area is 112 Å². The molecule has 0 saturated carbocycles. The molecule has 6 nitrogen and oxygen atoms in total. The molecule has 7 heteroatoms. The molecule has 0 aliphatic heterocycles. The van der Waals surface area contributed by atoms with Gasteiger partial charge in [-0.05, 0) is 12.0 Å². The van der Waals surface area contributed by atoms with Crippen LogP contribution in [0.2, 0.25) is 0 Å². The summed E-state index contributed by atoms with van der Waals surface area (Å²) in [6.45, 7) is 0.514. The van der Waals surface area contributed by atoms with Crippen molar-refractivity contribution in [3.8, 4) is 0 Å². The Hall–Kier alpha value is -1.79. The third kappa shape index (κ3) is 5.51. The first-order chi connectivity index (χ1) is 8.13. The van der Waals surface area contributed by atoms with Crippen LogP contribution in [0, 0.1) is 10.8 Å². The lowest BCUT2D eigenvalue weighted by Crippen LogP contribution is -2.46. The standard InChI is InChI=1S/C11H17N5O.ClH/c1-17-16(11(14)15-10(12)13)8-7-9-5-3-2-4-6-9;/h2-6H,7-8H2,1H3,(H5,12,13,14,15);1H. The molecule has 1 rings (SSSR count). The Morgan fingerprint density at radius 3 is 2.44 bits per heavy atom. The number of hydroxylamine groups is 2. The van der Waals surface area contributed by atoms with E-state index in [1.165, 1.54) is 12.2 Å². The van der Waals surface area contributed by atoms with Crippen LogP contribution in [0.25, 0.3) is 0 Å². The van der Waals surface area contributed by atoms with Crippen LogP contribution in [0.15, 0.2) is 30.3 Å². The van der Waals surface area contributed by atoms with Gasteiger partial charge in [0, 0.05) is 0 Å². The zero-order chi connectivity index (χ0) is 12.7. The highest BCUT2D eigenvalue weighted by molar-refractivity contribution is 5.94. The average molecular weight is 272 g/mol. The molecule has 100 valence electrons. The minimum Gasteiger partial charge on any atom is -0.370 e. The summed E-state index contributed by atoms with van der Waals surface area (Å²) in [6, 6.07) is 9.90. The van der Waals surface area contributed by atoms with Crippen molar-refractivity contribution in [3.05, 3.63) is 35.9 Å². The number of guanidine groups is 2. The topological polar surface area (TPSA) is 98.2 Å². The van der Waals surface area contributed by atoms with E-state index in [0.717, 1.165) is 12.0 Å². The molecule has 0 amide bonds. The van der Waals surface area contributed by atoms with Crippen LogP contribution in [0.3, 0.4) is 0 Å². The molecular formula is C11H18ClN5O. The highest BCUT2D eigenvalue weighted by Gasteiger charge is 2.09. The first-order valence-corrected chi connectivity index (χ1v) is 5.18. The lowest BCUT2D eigenvalue weighted by atomic mass is 10.1. The average Bonchev–Trinajstić information content (AvgIpc) is 2.30. The molecule has 0 atom stereocenters. The van der Waals surface area contributed by atoms with Crippen molar-refractivity contribution in [3.63, 3.8) is 0 Å². The van der Waals surface area contributed by atoms with E-state index in [2.05, 4.69) is 5.32 Å². The second-order valence-electron chi connectivity index (χ2n) is 3.41. The van der Waals surface area contributed by atoms with Crippen LogP contribution < -0.4 is 11.1 Å². The van der Waals surface area contributed by atoms with Gasteiger partial charge in [0.05, 0.1) is 13.7 Å². The zero-order valence-electron chi connectivity index (χ0n) is 10.1. The van der Waals surface area contributed by atoms with Crippen LogP contribution in [0.5, 0.6) is 0 Å². The van der Waals surface area contributed by atoms with Crippen molar-refractivity contribution in [2.24, 2.45) is 5.73 Å². The SMILES string of the molecule is CON(CCc1ccccc1)C(=N)NC(=N)N.Cl. The number of nitrogens with two attached hydrogens (primary N) is 1. The van der Waals surface area contributed by atoms with E-state index in [-0.39, 0.29) is 24.3 Å². The molecule has 0 fully saturated rings. The number of nitrogens with one attached hydrogen (secondary N) is 3. The van der Waals surface area contributed by atoms with E-state index in [9.17, 15) is 0 Å². The minimum atomic E-state index is -0.281. The molecule has 0 aliphatic rings. The van der Waals surface area contributed by atoms with E-state index in [1.54, 1.807) is 0 Å². The quantitative estimate of drug-likeness (QED) is 0.372. The second-order valence-corrected chi connectivity index (χ2v) is 3.41. The maximum absolute atomic E-state index is 7.61. The molecular weight excluding hydrogens is 254 g/mol. The number of benzene rings is 1.